The molecule has 1 amide bonds. The van der Waals surface area contributed by atoms with Gasteiger partial charge in [0, 0.05) is 12.0 Å². The van der Waals surface area contributed by atoms with Gasteiger partial charge in [-0.15, -0.1) is 10.2 Å². The van der Waals surface area contributed by atoms with E-state index in [9.17, 15) is 4.79 Å². The predicted molar refractivity (Wildman–Crippen MR) is 41.2 cm³/mol. The number of hydrogen-bond donors (Lipinski definition) is 2. The number of amides is 1. The van der Waals surface area contributed by atoms with Gasteiger partial charge in [0.25, 0.3) is 0 Å². The van der Waals surface area contributed by atoms with Crippen molar-refractivity contribution in [3.8, 4) is 0 Å². The van der Waals surface area contributed by atoms with Crippen LogP contribution in [0.3, 0.4) is 0 Å². The summed E-state index contributed by atoms with van der Waals surface area (Å²) in [5.74, 6) is 0.822. The summed E-state index contributed by atoms with van der Waals surface area (Å²) in [4.78, 5) is 10.2. The van der Waals surface area contributed by atoms with Crippen LogP contribution in [0, 0.1) is 0 Å². The minimum Gasteiger partial charge on any atom is -0.465 e. The van der Waals surface area contributed by atoms with Crippen molar-refractivity contribution in [1.82, 2.24) is 15.5 Å². The van der Waals surface area contributed by atoms with Gasteiger partial charge in [-0.2, -0.15) is 0 Å². The molecule has 1 aliphatic carbocycles. The van der Waals surface area contributed by atoms with Gasteiger partial charge in [0.15, 0.2) is 0 Å². The molecule has 1 aromatic rings. The van der Waals surface area contributed by atoms with E-state index < -0.39 is 6.09 Å². The van der Waals surface area contributed by atoms with Crippen molar-refractivity contribution in [2.45, 2.75) is 24.8 Å². The fourth-order valence-electron chi connectivity index (χ4n) is 1.47. The van der Waals surface area contributed by atoms with Crippen LogP contribution in [0.5, 0.6) is 0 Å². The largest absolute Gasteiger partial charge is 0.465 e. The van der Waals surface area contributed by atoms with E-state index in [-0.39, 0.29) is 12.0 Å². The Hall–Kier alpha value is -1.59. The lowest BCUT2D eigenvalue weighted by Crippen LogP contribution is -2.42. The van der Waals surface area contributed by atoms with Crippen molar-refractivity contribution in [3.05, 3.63) is 12.3 Å². The van der Waals surface area contributed by atoms with Gasteiger partial charge in [-0.1, -0.05) is 0 Å². The highest BCUT2D eigenvalue weighted by molar-refractivity contribution is 5.65. The lowest BCUT2D eigenvalue weighted by Gasteiger charge is -2.32. The summed E-state index contributed by atoms with van der Waals surface area (Å²) < 4.78 is 4.99. The van der Waals surface area contributed by atoms with Gasteiger partial charge < -0.3 is 14.8 Å². The Kier molecular flexibility index (Phi) is 1.88. The zero-order valence-corrected chi connectivity index (χ0v) is 6.80. The van der Waals surface area contributed by atoms with Crippen LogP contribution < -0.4 is 5.32 Å². The molecule has 1 saturated carbocycles. The number of nitrogens with zero attached hydrogens (tertiary/aromatic N) is 2. The quantitative estimate of drug-likeness (QED) is 0.700. The second-order valence-electron chi connectivity index (χ2n) is 3.09. The second kappa shape index (κ2) is 3.04. The lowest BCUT2D eigenvalue weighted by molar-refractivity contribution is 0.174. The number of hydrogen-bond acceptors (Lipinski definition) is 4. The van der Waals surface area contributed by atoms with Crippen molar-refractivity contribution < 1.29 is 14.3 Å². The molecule has 2 N–H and O–H groups in total. The first kappa shape index (κ1) is 8.03. The monoisotopic (exact) mass is 183 g/mol. The summed E-state index contributed by atoms with van der Waals surface area (Å²) in [6.45, 7) is 0. The lowest BCUT2D eigenvalue weighted by atomic mass is 9.80. The summed E-state index contributed by atoms with van der Waals surface area (Å²) >= 11 is 0. The molecule has 0 saturated heterocycles. The molecule has 13 heavy (non-hydrogen) atoms. The van der Waals surface area contributed by atoms with Crippen LogP contribution >= 0.6 is 0 Å². The molecule has 1 aromatic heterocycles. The van der Waals surface area contributed by atoms with E-state index in [1.807, 2.05) is 0 Å². The van der Waals surface area contributed by atoms with Gasteiger partial charge in [-0.3, -0.25) is 0 Å². The van der Waals surface area contributed by atoms with Crippen LogP contribution in [0.4, 0.5) is 4.79 Å². The Morgan fingerprint density at radius 1 is 1.69 bits per heavy atom. The first-order chi connectivity index (χ1) is 6.25. The highest BCUT2D eigenvalue weighted by Gasteiger charge is 2.34. The van der Waals surface area contributed by atoms with Crippen LogP contribution in [-0.2, 0) is 0 Å². The Bertz CT molecular complexity index is 292. The average molecular weight is 183 g/mol. The topological polar surface area (TPSA) is 88.2 Å². The smallest absolute Gasteiger partial charge is 0.404 e. The summed E-state index contributed by atoms with van der Waals surface area (Å²) in [6.07, 6.45) is 1.80. The maximum atomic E-state index is 10.2. The zero-order valence-electron chi connectivity index (χ0n) is 6.80. The number of aromatic nitrogens is 2. The molecule has 0 spiro atoms. The molecule has 0 radical (unpaired) electrons. The molecule has 1 fully saturated rings. The molecule has 0 bridgehead atoms. The molecule has 70 valence electrons. The van der Waals surface area contributed by atoms with Crippen molar-refractivity contribution >= 4 is 6.09 Å². The average Bonchev–Trinajstić information content (AvgIpc) is 2.46. The molecule has 1 aliphatic rings. The van der Waals surface area contributed by atoms with E-state index in [0.29, 0.717) is 5.89 Å². The Labute approximate surface area is 74.0 Å². The molecule has 6 nitrogen and oxygen atoms in total. The van der Waals surface area contributed by atoms with Gasteiger partial charge in [0.2, 0.25) is 12.3 Å². The van der Waals surface area contributed by atoms with Crippen molar-refractivity contribution in [2.24, 2.45) is 0 Å². The minimum absolute atomic E-state index is 0.0365. The van der Waals surface area contributed by atoms with Gasteiger partial charge in [-0.25, -0.2) is 4.79 Å². The molecule has 0 unspecified atom stereocenters. The number of carboxylic acid groups (broad SMARTS) is 1. The maximum Gasteiger partial charge on any atom is 0.404 e. The van der Waals surface area contributed by atoms with Crippen molar-refractivity contribution in [2.75, 3.05) is 0 Å². The SMILES string of the molecule is O=C(O)NC1CC(c2nnco2)C1. The summed E-state index contributed by atoms with van der Waals surface area (Å²) in [7, 11) is 0. The Morgan fingerprint density at radius 3 is 3.00 bits per heavy atom. The molecule has 0 aromatic carbocycles. The minimum atomic E-state index is -0.978. The Balaban J connectivity index is 1.82. The van der Waals surface area contributed by atoms with Crippen molar-refractivity contribution in [3.63, 3.8) is 0 Å². The van der Waals surface area contributed by atoms with E-state index >= 15 is 0 Å². The molecule has 0 aliphatic heterocycles. The fraction of sp³-hybridized carbons (Fsp3) is 0.571. The first-order valence-corrected chi connectivity index (χ1v) is 4.01. The van der Waals surface area contributed by atoms with E-state index in [1.54, 1.807) is 0 Å². The third-order valence-corrected chi connectivity index (χ3v) is 2.19. The second-order valence-corrected chi connectivity index (χ2v) is 3.09. The highest BCUT2D eigenvalue weighted by atomic mass is 16.4. The normalized spacial score (nSPS) is 26.5. The number of carbonyl (C=O) groups is 1. The third kappa shape index (κ3) is 1.61. The standard InChI is InChI=1S/C7H9N3O3/c11-7(12)9-5-1-4(2-5)6-10-8-3-13-6/h3-5,9H,1-2H2,(H,11,12). The molecule has 0 atom stereocenters. The third-order valence-electron chi connectivity index (χ3n) is 2.19. The molecule has 2 rings (SSSR count). The van der Waals surface area contributed by atoms with Crippen LogP contribution in [0.2, 0.25) is 0 Å². The molecular formula is C7H9N3O3. The van der Waals surface area contributed by atoms with Crippen LogP contribution in [0.25, 0.3) is 0 Å². The number of nitrogens with one attached hydrogen (secondary N) is 1. The first-order valence-electron chi connectivity index (χ1n) is 4.01. The van der Waals surface area contributed by atoms with E-state index in [1.165, 1.54) is 6.39 Å². The summed E-state index contributed by atoms with van der Waals surface area (Å²) in [5, 5.41) is 18.1. The van der Waals surface area contributed by atoms with Gasteiger partial charge in [0.1, 0.15) is 0 Å². The van der Waals surface area contributed by atoms with E-state index in [0.717, 1.165) is 12.8 Å². The van der Waals surface area contributed by atoms with Crippen LogP contribution in [0.1, 0.15) is 24.7 Å². The fourth-order valence-corrected chi connectivity index (χ4v) is 1.47. The Morgan fingerprint density at radius 2 is 2.46 bits per heavy atom. The number of rotatable bonds is 2. The van der Waals surface area contributed by atoms with E-state index in [4.69, 9.17) is 9.52 Å². The highest BCUT2D eigenvalue weighted by Crippen LogP contribution is 2.35. The molecule has 6 heteroatoms. The van der Waals surface area contributed by atoms with Gasteiger partial charge in [-0.05, 0) is 12.8 Å². The maximum absolute atomic E-state index is 10.2. The predicted octanol–water partition coefficient (Wildman–Crippen LogP) is 0.583. The van der Waals surface area contributed by atoms with Crippen LogP contribution in [-0.4, -0.2) is 27.4 Å². The van der Waals surface area contributed by atoms with E-state index in [2.05, 4.69) is 15.5 Å². The molecule has 1 heterocycles. The van der Waals surface area contributed by atoms with Crippen LogP contribution in [0.15, 0.2) is 10.8 Å². The summed E-state index contributed by atoms with van der Waals surface area (Å²) in [6, 6.07) is 0.0365. The van der Waals surface area contributed by atoms with Crippen molar-refractivity contribution in [1.29, 1.82) is 0 Å². The molecular weight excluding hydrogens is 174 g/mol. The van der Waals surface area contributed by atoms with Gasteiger partial charge in [0.05, 0.1) is 0 Å². The summed E-state index contributed by atoms with van der Waals surface area (Å²) in [5.41, 5.74) is 0. The zero-order chi connectivity index (χ0) is 9.26. The van der Waals surface area contributed by atoms with Gasteiger partial charge >= 0.3 is 6.09 Å².